The summed E-state index contributed by atoms with van der Waals surface area (Å²) in [6.07, 6.45) is 0. The van der Waals surface area contributed by atoms with E-state index in [0.717, 1.165) is 44.8 Å². The van der Waals surface area contributed by atoms with Gasteiger partial charge in [-0.1, -0.05) is 13.0 Å². The molecule has 0 radical (unpaired) electrons. The Labute approximate surface area is 133 Å². The van der Waals surface area contributed by atoms with Crippen molar-refractivity contribution in [3.8, 4) is 0 Å². The molecule has 1 fully saturated rings. The van der Waals surface area contributed by atoms with Gasteiger partial charge in [0.1, 0.15) is 0 Å². The standard InChI is InChI=1S/C17H28N4O/c1-4-20-7-9-21(10-8-20)12-15-6-5-14(11-16(15)18)17(22)19-13(2)3/h5-6,11,13H,4,7-10,12,18H2,1-3H3,(H,19,22). The van der Waals surface area contributed by atoms with Crippen LogP contribution < -0.4 is 11.1 Å². The van der Waals surface area contributed by atoms with E-state index in [1.165, 1.54) is 0 Å². The zero-order chi connectivity index (χ0) is 16.1. The molecule has 1 aromatic rings. The highest BCUT2D eigenvalue weighted by atomic mass is 16.1. The molecule has 22 heavy (non-hydrogen) atoms. The Morgan fingerprint density at radius 2 is 1.86 bits per heavy atom. The number of carbonyl (C=O) groups excluding carboxylic acids is 1. The van der Waals surface area contributed by atoms with Gasteiger partial charge in [-0.15, -0.1) is 0 Å². The normalized spacial score (nSPS) is 16.9. The Bertz CT molecular complexity index is 507. The molecule has 0 aromatic heterocycles. The predicted molar refractivity (Wildman–Crippen MR) is 90.8 cm³/mol. The number of hydrogen-bond acceptors (Lipinski definition) is 4. The van der Waals surface area contributed by atoms with Crippen molar-refractivity contribution in [3.63, 3.8) is 0 Å². The van der Waals surface area contributed by atoms with E-state index in [-0.39, 0.29) is 11.9 Å². The number of nitrogens with one attached hydrogen (secondary N) is 1. The molecule has 1 aliphatic rings. The largest absolute Gasteiger partial charge is 0.398 e. The van der Waals surface area contributed by atoms with Crippen LogP contribution in [0.4, 0.5) is 5.69 Å². The van der Waals surface area contributed by atoms with Gasteiger partial charge in [0.25, 0.3) is 5.91 Å². The van der Waals surface area contributed by atoms with E-state index in [4.69, 9.17) is 5.73 Å². The lowest BCUT2D eigenvalue weighted by Crippen LogP contribution is -2.45. The molecule has 1 aromatic carbocycles. The number of likely N-dealkylation sites (N-methyl/N-ethyl adjacent to an activating group) is 1. The summed E-state index contributed by atoms with van der Waals surface area (Å²) >= 11 is 0. The second kappa shape index (κ2) is 7.61. The Balaban J connectivity index is 1.97. The molecule has 0 spiro atoms. The lowest BCUT2D eigenvalue weighted by atomic mass is 10.1. The molecule has 5 heteroatoms. The van der Waals surface area contributed by atoms with E-state index in [1.54, 1.807) is 6.07 Å². The van der Waals surface area contributed by atoms with Crippen LogP contribution in [-0.4, -0.2) is 54.5 Å². The number of carbonyl (C=O) groups is 1. The first-order valence-corrected chi connectivity index (χ1v) is 8.13. The molecule has 0 unspecified atom stereocenters. The van der Waals surface area contributed by atoms with Crippen LogP contribution in [0.25, 0.3) is 0 Å². The SMILES string of the molecule is CCN1CCN(Cc2ccc(C(=O)NC(C)C)cc2N)CC1. The van der Waals surface area contributed by atoms with E-state index >= 15 is 0 Å². The Hall–Kier alpha value is -1.59. The average Bonchev–Trinajstić information content (AvgIpc) is 2.49. The zero-order valence-electron chi connectivity index (χ0n) is 13.9. The number of anilines is 1. The quantitative estimate of drug-likeness (QED) is 0.810. The Morgan fingerprint density at radius 1 is 1.23 bits per heavy atom. The number of piperazine rings is 1. The number of nitrogen functional groups attached to an aromatic ring is 1. The number of rotatable bonds is 5. The highest BCUT2D eigenvalue weighted by molar-refractivity contribution is 5.95. The molecule has 122 valence electrons. The predicted octanol–water partition coefficient (Wildman–Crippen LogP) is 1.54. The highest BCUT2D eigenvalue weighted by Crippen LogP contribution is 2.17. The van der Waals surface area contributed by atoms with Gasteiger partial charge in [0.2, 0.25) is 0 Å². The van der Waals surface area contributed by atoms with Crippen molar-refractivity contribution in [1.29, 1.82) is 0 Å². The fourth-order valence-corrected chi connectivity index (χ4v) is 2.73. The van der Waals surface area contributed by atoms with Crippen LogP contribution >= 0.6 is 0 Å². The monoisotopic (exact) mass is 304 g/mol. The molecular formula is C17H28N4O. The van der Waals surface area contributed by atoms with Gasteiger partial charge in [0, 0.05) is 50.0 Å². The minimum atomic E-state index is -0.0650. The van der Waals surface area contributed by atoms with Crippen molar-refractivity contribution >= 4 is 11.6 Å². The minimum Gasteiger partial charge on any atom is -0.398 e. The average molecular weight is 304 g/mol. The third kappa shape index (κ3) is 4.45. The van der Waals surface area contributed by atoms with Gasteiger partial charge in [-0.25, -0.2) is 0 Å². The van der Waals surface area contributed by atoms with Crippen molar-refractivity contribution in [3.05, 3.63) is 29.3 Å². The topological polar surface area (TPSA) is 61.6 Å². The van der Waals surface area contributed by atoms with E-state index in [2.05, 4.69) is 22.0 Å². The molecule has 5 nitrogen and oxygen atoms in total. The van der Waals surface area contributed by atoms with Gasteiger partial charge in [0.05, 0.1) is 0 Å². The van der Waals surface area contributed by atoms with Crippen LogP contribution in [0.2, 0.25) is 0 Å². The lowest BCUT2D eigenvalue weighted by Gasteiger charge is -2.34. The first-order valence-electron chi connectivity index (χ1n) is 8.13. The number of hydrogen-bond donors (Lipinski definition) is 2. The summed E-state index contributed by atoms with van der Waals surface area (Å²) in [5.74, 6) is -0.0650. The van der Waals surface area contributed by atoms with Crippen molar-refractivity contribution in [1.82, 2.24) is 15.1 Å². The van der Waals surface area contributed by atoms with E-state index < -0.39 is 0 Å². The molecule has 0 atom stereocenters. The molecule has 3 N–H and O–H groups in total. The van der Waals surface area contributed by atoms with Crippen LogP contribution in [0.15, 0.2) is 18.2 Å². The van der Waals surface area contributed by atoms with E-state index in [1.807, 2.05) is 26.0 Å². The first kappa shape index (κ1) is 16.8. The summed E-state index contributed by atoms with van der Waals surface area (Å²) in [5.41, 5.74) is 8.58. The van der Waals surface area contributed by atoms with Gasteiger partial charge < -0.3 is 16.0 Å². The molecule has 0 saturated carbocycles. The maximum Gasteiger partial charge on any atom is 0.251 e. The number of nitrogens with zero attached hydrogens (tertiary/aromatic N) is 2. The summed E-state index contributed by atoms with van der Waals surface area (Å²) in [5, 5.41) is 2.89. The van der Waals surface area contributed by atoms with Crippen molar-refractivity contribution < 1.29 is 4.79 Å². The lowest BCUT2D eigenvalue weighted by molar-refractivity contribution is 0.0943. The van der Waals surface area contributed by atoms with Crippen molar-refractivity contribution in [2.75, 3.05) is 38.5 Å². The minimum absolute atomic E-state index is 0.0650. The van der Waals surface area contributed by atoms with Crippen LogP contribution in [0.3, 0.4) is 0 Å². The van der Waals surface area contributed by atoms with Crippen LogP contribution in [0.5, 0.6) is 0 Å². The highest BCUT2D eigenvalue weighted by Gasteiger charge is 2.17. The van der Waals surface area contributed by atoms with Crippen molar-refractivity contribution in [2.24, 2.45) is 0 Å². The molecule has 1 amide bonds. The molecule has 1 saturated heterocycles. The Kier molecular flexibility index (Phi) is 5.80. The summed E-state index contributed by atoms with van der Waals surface area (Å²) in [6.45, 7) is 12.5. The number of benzene rings is 1. The van der Waals surface area contributed by atoms with Gasteiger partial charge in [-0.3, -0.25) is 9.69 Å². The summed E-state index contributed by atoms with van der Waals surface area (Å²) in [7, 11) is 0. The van der Waals surface area contributed by atoms with Crippen molar-refractivity contribution in [2.45, 2.75) is 33.4 Å². The molecule has 1 aliphatic heterocycles. The maximum absolute atomic E-state index is 12.0. The maximum atomic E-state index is 12.0. The first-order chi connectivity index (χ1) is 10.5. The second-order valence-corrected chi connectivity index (χ2v) is 6.25. The zero-order valence-corrected chi connectivity index (χ0v) is 13.9. The molecule has 1 heterocycles. The van der Waals surface area contributed by atoms with Gasteiger partial charge >= 0.3 is 0 Å². The second-order valence-electron chi connectivity index (χ2n) is 6.25. The van der Waals surface area contributed by atoms with E-state index in [9.17, 15) is 4.79 Å². The molecule has 0 bridgehead atoms. The van der Waals surface area contributed by atoms with Gasteiger partial charge in [-0.2, -0.15) is 0 Å². The van der Waals surface area contributed by atoms with Gasteiger partial charge in [0.15, 0.2) is 0 Å². The molecule has 0 aliphatic carbocycles. The fourth-order valence-electron chi connectivity index (χ4n) is 2.73. The molecule has 2 rings (SSSR count). The summed E-state index contributed by atoms with van der Waals surface area (Å²) in [6, 6.07) is 5.76. The number of nitrogens with two attached hydrogens (primary N) is 1. The smallest absolute Gasteiger partial charge is 0.251 e. The number of amides is 1. The summed E-state index contributed by atoms with van der Waals surface area (Å²) < 4.78 is 0. The summed E-state index contributed by atoms with van der Waals surface area (Å²) in [4.78, 5) is 16.9. The third-order valence-corrected chi connectivity index (χ3v) is 4.13. The van der Waals surface area contributed by atoms with Crippen LogP contribution in [0.1, 0.15) is 36.7 Å². The molecular weight excluding hydrogens is 276 g/mol. The van der Waals surface area contributed by atoms with Crippen LogP contribution in [0, 0.1) is 0 Å². The fraction of sp³-hybridized carbons (Fsp3) is 0.588. The van der Waals surface area contributed by atoms with Gasteiger partial charge in [-0.05, 0) is 38.1 Å². The Morgan fingerprint density at radius 3 is 2.41 bits per heavy atom. The van der Waals surface area contributed by atoms with E-state index in [0.29, 0.717) is 11.3 Å². The van der Waals surface area contributed by atoms with Crippen LogP contribution in [-0.2, 0) is 6.54 Å². The third-order valence-electron chi connectivity index (χ3n) is 4.13.